The molecule has 0 bridgehead atoms. The second-order valence-electron chi connectivity index (χ2n) is 8.23. The summed E-state index contributed by atoms with van der Waals surface area (Å²) in [4.78, 5) is 0. The van der Waals surface area contributed by atoms with Crippen molar-refractivity contribution in [2.75, 3.05) is 32.2 Å². The molecule has 0 saturated heterocycles. The molecule has 7 N–H and O–H groups in total. The van der Waals surface area contributed by atoms with Gasteiger partial charge in [-0.15, -0.1) is 11.6 Å². The van der Waals surface area contributed by atoms with Gasteiger partial charge in [0, 0.05) is 11.6 Å². The van der Waals surface area contributed by atoms with Crippen molar-refractivity contribution >= 4 is 11.6 Å². The van der Waals surface area contributed by atoms with Gasteiger partial charge < -0.3 is 35.5 Å². The summed E-state index contributed by atoms with van der Waals surface area (Å²) in [6.45, 7) is 8.19. The average molecular weight is 510 g/mol. The van der Waals surface area contributed by atoms with Gasteiger partial charge in [0.25, 0.3) is 0 Å². The third kappa shape index (κ3) is 9.58. The largest absolute Gasteiger partial charge is 0.491 e. The van der Waals surface area contributed by atoms with Crippen LogP contribution in [0.4, 0.5) is 0 Å². The van der Waals surface area contributed by atoms with Gasteiger partial charge in [0.1, 0.15) is 36.9 Å². The summed E-state index contributed by atoms with van der Waals surface area (Å²) in [5.41, 5.74) is 7.62. The van der Waals surface area contributed by atoms with Gasteiger partial charge in [-0.3, -0.25) is 0 Å². The number of nitrogens with two attached hydrogens (primary N) is 2. The van der Waals surface area contributed by atoms with Crippen LogP contribution >= 0.6 is 11.6 Å². The van der Waals surface area contributed by atoms with Crippen LogP contribution in [0.5, 0.6) is 11.5 Å². The first-order valence-electron chi connectivity index (χ1n) is 11.6. The number of hydrogen-bond acceptors (Lipinski definition) is 8. The molecule has 0 amide bonds. The number of aliphatic hydroxyl groups excluding tert-OH is 3. The fraction of sp³-hybridized carbons (Fsp3) is 0.462. The molecule has 2 unspecified atom stereocenters. The average Bonchev–Trinajstić information content (AvgIpc) is 2.88. The van der Waals surface area contributed by atoms with E-state index >= 15 is 0 Å². The highest BCUT2D eigenvalue weighted by molar-refractivity contribution is 6.18. The molecule has 196 valence electrons. The molecule has 2 rings (SSSR count). The van der Waals surface area contributed by atoms with Crippen molar-refractivity contribution < 1.29 is 24.8 Å². The lowest BCUT2D eigenvalue weighted by atomic mass is 9.78. The van der Waals surface area contributed by atoms with E-state index in [1.165, 1.54) is 11.2 Å². The van der Waals surface area contributed by atoms with Crippen LogP contribution in [-0.4, -0.2) is 64.8 Å². The van der Waals surface area contributed by atoms with Crippen molar-refractivity contribution in [1.29, 1.82) is 0 Å². The molecular formula is C26H40ClN3O5. The van der Waals surface area contributed by atoms with Crippen LogP contribution in [0.1, 0.15) is 38.8 Å². The van der Waals surface area contributed by atoms with Crippen LogP contribution in [0.25, 0.3) is 0 Å². The Labute approximate surface area is 213 Å². The van der Waals surface area contributed by atoms with E-state index in [9.17, 15) is 10.2 Å². The molecule has 2 aromatic rings. The van der Waals surface area contributed by atoms with Crippen molar-refractivity contribution in [1.82, 2.24) is 5.01 Å². The van der Waals surface area contributed by atoms with Gasteiger partial charge >= 0.3 is 0 Å². The molecule has 0 aliphatic heterocycles. The highest BCUT2D eigenvalue weighted by Gasteiger charge is 2.23. The van der Waals surface area contributed by atoms with Crippen molar-refractivity contribution in [3.8, 4) is 11.5 Å². The van der Waals surface area contributed by atoms with Crippen LogP contribution < -0.4 is 21.1 Å². The SMILES string of the molecule is CC.CC(C)(c1ccc(OCC(O)CCl)cc1)c1ccc(OCC(O)CN(N)/C(=C\N)CO)cc1. The lowest BCUT2D eigenvalue weighted by molar-refractivity contribution is 0.0745. The van der Waals surface area contributed by atoms with E-state index in [1.807, 2.05) is 62.4 Å². The topological polar surface area (TPSA) is 134 Å². The second-order valence-corrected chi connectivity index (χ2v) is 8.53. The number of benzene rings is 2. The first-order chi connectivity index (χ1) is 16.7. The molecule has 0 aliphatic rings. The predicted octanol–water partition coefficient (Wildman–Crippen LogP) is 2.72. The fourth-order valence-electron chi connectivity index (χ4n) is 3.17. The summed E-state index contributed by atoms with van der Waals surface area (Å²) in [7, 11) is 0. The molecule has 2 aromatic carbocycles. The maximum absolute atomic E-state index is 10.1. The molecule has 8 nitrogen and oxygen atoms in total. The third-order valence-corrected chi connectivity index (χ3v) is 5.70. The van der Waals surface area contributed by atoms with Gasteiger partial charge in [-0.1, -0.05) is 52.0 Å². The Balaban J connectivity index is 0.00000298. The van der Waals surface area contributed by atoms with Crippen molar-refractivity contribution in [2.45, 2.75) is 45.3 Å². The van der Waals surface area contributed by atoms with E-state index in [2.05, 4.69) is 13.8 Å². The zero-order chi connectivity index (χ0) is 26.4. The molecular weight excluding hydrogens is 470 g/mol. The number of halogens is 1. The van der Waals surface area contributed by atoms with Crippen LogP contribution in [-0.2, 0) is 5.41 Å². The summed E-state index contributed by atoms with van der Waals surface area (Å²) in [5, 5.41) is 30.0. The van der Waals surface area contributed by atoms with E-state index in [0.29, 0.717) is 17.2 Å². The Morgan fingerprint density at radius 3 is 1.74 bits per heavy atom. The Hall–Kier alpha value is -2.49. The standard InChI is InChI=1S/C24H34ClN3O5.C2H6/c1-24(2,17-3-7-22(8-4-17)32-15-20(30)11-25)18-5-9-23(10-6-18)33-16-21(31)13-28(27)19(12-26)14-29;1-2/h3-10,12,20-21,29-31H,11,13-16,26-27H2,1-2H3;1-2H3/b19-12-;. The molecule has 2 atom stereocenters. The molecule has 0 spiro atoms. The maximum atomic E-state index is 10.1. The Morgan fingerprint density at radius 1 is 0.943 bits per heavy atom. The zero-order valence-electron chi connectivity index (χ0n) is 21.0. The minimum Gasteiger partial charge on any atom is -0.491 e. The van der Waals surface area contributed by atoms with Gasteiger partial charge in [-0.2, -0.15) is 0 Å². The van der Waals surface area contributed by atoms with Gasteiger partial charge in [0.15, 0.2) is 0 Å². The minimum absolute atomic E-state index is 0.0413. The third-order valence-electron chi connectivity index (χ3n) is 5.35. The lowest BCUT2D eigenvalue weighted by Gasteiger charge is -2.27. The van der Waals surface area contributed by atoms with E-state index in [0.717, 1.165) is 11.1 Å². The van der Waals surface area contributed by atoms with Gasteiger partial charge in [-0.05, 0) is 35.4 Å². The highest BCUT2D eigenvalue weighted by Crippen LogP contribution is 2.33. The molecule has 0 saturated carbocycles. The summed E-state index contributed by atoms with van der Waals surface area (Å²) < 4.78 is 11.2. The normalized spacial score (nSPS) is 13.3. The Bertz CT molecular complexity index is 876. The Morgan fingerprint density at radius 2 is 1.37 bits per heavy atom. The van der Waals surface area contributed by atoms with Crippen molar-refractivity contribution in [2.24, 2.45) is 11.6 Å². The van der Waals surface area contributed by atoms with Gasteiger partial charge in [0.05, 0.1) is 24.7 Å². The molecule has 9 heteroatoms. The Kier molecular flexibility index (Phi) is 13.5. The molecule has 0 fully saturated rings. The molecule has 0 aliphatic carbocycles. The maximum Gasteiger partial charge on any atom is 0.119 e. The number of aliphatic hydroxyl groups is 3. The molecule has 35 heavy (non-hydrogen) atoms. The smallest absolute Gasteiger partial charge is 0.119 e. The van der Waals surface area contributed by atoms with E-state index in [-0.39, 0.29) is 37.7 Å². The van der Waals surface area contributed by atoms with Crippen LogP contribution in [0, 0.1) is 0 Å². The minimum atomic E-state index is -0.862. The van der Waals surface area contributed by atoms with Crippen LogP contribution in [0.15, 0.2) is 60.4 Å². The van der Waals surface area contributed by atoms with Crippen molar-refractivity contribution in [3.63, 3.8) is 0 Å². The molecule has 0 heterocycles. The second kappa shape index (κ2) is 15.5. The summed E-state index contributed by atoms with van der Waals surface area (Å²) in [6, 6.07) is 15.4. The monoisotopic (exact) mass is 509 g/mol. The predicted molar refractivity (Wildman–Crippen MR) is 140 cm³/mol. The van der Waals surface area contributed by atoms with E-state index in [1.54, 1.807) is 0 Å². The molecule has 0 aromatic heterocycles. The number of hydrazine groups is 1. The number of nitrogens with zero attached hydrogens (tertiary/aromatic N) is 1. The number of ether oxygens (including phenoxy) is 2. The first kappa shape index (κ1) is 30.5. The summed E-state index contributed by atoms with van der Waals surface area (Å²) in [6.07, 6.45) is -0.362. The first-order valence-corrected chi connectivity index (χ1v) is 12.2. The number of rotatable bonds is 13. The summed E-state index contributed by atoms with van der Waals surface area (Å²) >= 11 is 5.59. The highest BCUT2D eigenvalue weighted by atomic mass is 35.5. The van der Waals surface area contributed by atoms with Crippen LogP contribution in [0.3, 0.4) is 0 Å². The van der Waals surface area contributed by atoms with Gasteiger partial charge in [-0.25, -0.2) is 5.84 Å². The lowest BCUT2D eigenvalue weighted by Crippen LogP contribution is -2.40. The van der Waals surface area contributed by atoms with E-state index < -0.39 is 12.2 Å². The van der Waals surface area contributed by atoms with Gasteiger partial charge in [0.2, 0.25) is 0 Å². The fourth-order valence-corrected chi connectivity index (χ4v) is 3.26. The zero-order valence-corrected chi connectivity index (χ0v) is 21.8. The number of hydrogen-bond donors (Lipinski definition) is 5. The van der Waals surface area contributed by atoms with Crippen LogP contribution in [0.2, 0.25) is 0 Å². The van der Waals surface area contributed by atoms with E-state index in [4.69, 9.17) is 37.8 Å². The van der Waals surface area contributed by atoms with Crippen molar-refractivity contribution in [3.05, 3.63) is 71.6 Å². The molecule has 0 radical (unpaired) electrons. The quantitative estimate of drug-likeness (QED) is 0.158. The summed E-state index contributed by atoms with van der Waals surface area (Å²) in [5.74, 6) is 7.19. The number of alkyl halides is 1.